The Labute approximate surface area is 167 Å². The summed E-state index contributed by atoms with van der Waals surface area (Å²) in [5.74, 6) is -0.263. The zero-order chi connectivity index (χ0) is 20.1. The van der Waals surface area contributed by atoms with Gasteiger partial charge >= 0.3 is 0 Å². The van der Waals surface area contributed by atoms with E-state index >= 15 is 0 Å². The van der Waals surface area contributed by atoms with Crippen molar-refractivity contribution in [1.29, 1.82) is 0 Å². The van der Waals surface area contributed by atoms with Crippen molar-refractivity contribution < 1.29 is 9.59 Å². The van der Waals surface area contributed by atoms with Crippen LogP contribution in [0.5, 0.6) is 0 Å². The zero-order valence-electron chi connectivity index (χ0n) is 16.9. The molecule has 1 fully saturated rings. The number of hydrogen-bond acceptors (Lipinski definition) is 3. The maximum absolute atomic E-state index is 13.0. The summed E-state index contributed by atoms with van der Waals surface area (Å²) in [4.78, 5) is 27.2. The molecule has 0 aliphatic heterocycles. The Morgan fingerprint density at radius 2 is 1.79 bits per heavy atom. The maximum Gasteiger partial charge on any atom is 0.242 e. The van der Waals surface area contributed by atoms with Gasteiger partial charge in [0.2, 0.25) is 11.8 Å². The Bertz CT molecular complexity index is 822. The van der Waals surface area contributed by atoms with Gasteiger partial charge in [-0.2, -0.15) is 0 Å². The van der Waals surface area contributed by atoms with E-state index in [1.807, 2.05) is 36.9 Å². The van der Waals surface area contributed by atoms with E-state index in [0.29, 0.717) is 6.54 Å². The van der Waals surface area contributed by atoms with Crippen LogP contribution < -0.4 is 11.1 Å². The highest BCUT2D eigenvalue weighted by Gasteiger charge is 2.28. The molecule has 1 aliphatic rings. The summed E-state index contributed by atoms with van der Waals surface area (Å²) in [6.07, 6.45) is 4.34. The predicted octanol–water partition coefficient (Wildman–Crippen LogP) is 3.21. The van der Waals surface area contributed by atoms with Gasteiger partial charge < -0.3 is 16.0 Å². The molecular weight excluding hydrogens is 350 g/mol. The molecule has 2 amide bonds. The average Bonchev–Trinajstić information content (AvgIpc) is 3.23. The van der Waals surface area contributed by atoms with Crippen molar-refractivity contribution in [2.75, 3.05) is 6.54 Å². The summed E-state index contributed by atoms with van der Waals surface area (Å²) >= 11 is 0. The number of nitrogens with two attached hydrogens (primary N) is 1. The van der Waals surface area contributed by atoms with Gasteiger partial charge in [-0.15, -0.1) is 0 Å². The van der Waals surface area contributed by atoms with Gasteiger partial charge in [0.15, 0.2) is 0 Å². The average molecular weight is 382 g/mol. The maximum atomic E-state index is 13.0. The molecule has 28 heavy (non-hydrogen) atoms. The Morgan fingerprint density at radius 1 is 1.11 bits per heavy atom. The Morgan fingerprint density at radius 3 is 2.50 bits per heavy atom. The number of carbonyl (C=O) groups is 2. The van der Waals surface area contributed by atoms with Gasteiger partial charge in [0, 0.05) is 12.6 Å². The highest BCUT2D eigenvalue weighted by molar-refractivity contribution is 5.89. The van der Waals surface area contributed by atoms with E-state index in [-0.39, 0.29) is 30.3 Å². The van der Waals surface area contributed by atoms with Crippen LogP contribution in [0.4, 0.5) is 0 Å². The fourth-order valence-electron chi connectivity index (χ4n) is 3.94. The summed E-state index contributed by atoms with van der Waals surface area (Å²) in [5.41, 5.74) is 7.04. The van der Waals surface area contributed by atoms with Crippen LogP contribution in [0.25, 0.3) is 10.8 Å². The lowest BCUT2D eigenvalue weighted by Gasteiger charge is -2.30. The minimum atomic E-state index is -0.592. The van der Waals surface area contributed by atoms with Crippen LogP contribution in [0.3, 0.4) is 0 Å². The molecule has 0 bridgehead atoms. The molecule has 5 nitrogen and oxygen atoms in total. The number of nitrogens with zero attached hydrogens (tertiary/aromatic N) is 1. The molecule has 2 aromatic carbocycles. The van der Waals surface area contributed by atoms with Crippen LogP contribution in [0.2, 0.25) is 0 Å². The molecule has 1 saturated carbocycles. The van der Waals surface area contributed by atoms with E-state index in [1.54, 1.807) is 0 Å². The number of amides is 2. The summed E-state index contributed by atoms with van der Waals surface area (Å²) in [7, 11) is 0. The van der Waals surface area contributed by atoms with Crippen LogP contribution in [0, 0.1) is 5.92 Å². The van der Waals surface area contributed by atoms with E-state index < -0.39 is 6.04 Å². The van der Waals surface area contributed by atoms with Gasteiger partial charge in [-0.3, -0.25) is 9.59 Å². The Balaban J connectivity index is 1.75. The number of nitrogens with one attached hydrogen (secondary N) is 1. The van der Waals surface area contributed by atoms with Gasteiger partial charge in [0.25, 0.3) is 0 Å². The number of fused-ring (bicyclic) bond motifs is 1. The molecule has 0 unspecified atom stereocenters. The summed E-state index contributed by atoms with van der Waals surface area (Å²) in [5, 5.41) is 5.08. The topological polar surface area (TPSA) is 75.4 Å². The molecule has 0 saturated heterocycles. The van der Waals surface area contributed by atoms with E-state index in [0.717, 1.165) is 31.2 Å². The first-order chi connectivity index (χ1) is 13.5. The van der Waals surface area contributed by atoms with Crippen molar-refractivity contribution in [2.24, 2.45) is 11.7 Å². The lowest BCUT2D eigenvalue weighted by Crippen LogP contribution is -2.49. The number of benzene rings is 2. The van der Waals surface area contributed by atoms with E-state index in [1.165, 1.54) is 10.8 Å². The molecule has 0 aromatic heterocycles. The van der Waals surface area contributed by atoms with Crippen molar-refractivity contribution in [3.8, 4) is 0 Å². The second-order valence-electron chi connectivity index (χ2n) is 8.09. The second-order valence-corrected chi connectivity index (χ2v) is 8.09. The third kappa shape index (κ3) is 4.71. The second kappa shape index (κ2) is 9.20. The quantitative estimate of drug-likeness (QED) is 0.773. The minimum Gasteiger partial charge on any atom is -0.346 e. The smallest absolute Gasteiger partial charge is 0.242 e. The largest absolute Gasteiger partial charge is 0.346 e. The molecule has 1 atom stereocenters. The molecule has 0 heterocycles. The molecule has 5 heteroatoms. The van der Waals surface area contributed by atoms with Gasteiger partial charge in [-0.25, -0.2) is 0 Å². The van der Waals surface area contributed by atoms with Gasteiger partial charge in [-0.1, -0.05) is 69.2 Å². The Kier molecular flexibility index (Phi) is 6.68. The van der Waals surface area contributed by atoms with Crippen molar-refractivity contribution in [2.45, 2.75) is 58.2 Å². The van der Waals surface area contributed by atoms with E-state index in [9.17, 15) is 9.59 Å². The van der Waals surface area contributed by atoms with Crippen molar-refractivity contribution in [3.05, 3.63) is 48.0 Å². The zero-order valence-corrected chi connectivity index (χ0v) is 16.9. The van der Waals surface area contributed by atoms with Crippen molar-refractivity contribution in [1.82, 2.24) is 10.2 Å². The predicted molar refractivity (Wildman–Crippen MR) is 113 cm³/mol. The standard InChI is InChI=1S/C23H31N3O2/c1-16(2)22(24)23(28)25-14-21(27)26(19-11-4-5-12-19)15-18-10-7-9-17-8-3-6-13-20(17)18/h3,6-10,13,16,19,22H,4-5,11-12,14-15,24H2,1-2H3,(H,25,28)/t22-/m0/s1. The third-order valence-electron chi connectivity index (χ3n) is 5.74. The third-order valence-corrected chi connectivity index (χ3v) is 5.74. The van der Waals surface area contributed by atoms with Crippen LogP contribution in [-0.2, 0) is 16.1 Å². The Hall–Kier alpha value is -2.40. The SMILES string of the molecule is CC(C)[C@H](N)C(=O)NCC(=O)N(Cc1cccc2ccccc12)C1CCCC1. The van der Waals surface area contributed by atoms with Crippen LogP contribution in [0.1, 0.15) is 45.1 Å². The highest BCUT2D eigenvalue weighted by atomic mass is 16.2. The lowest BCUT2D eigenvalue weighted by molar-refractivity contribution is -0.135. The van der Waals surface area contributed by atoms with Crippen LogP contribution in [0.15, 0.2) is 42.5 Å². The molecule has 2 aromatic rings. The molecule has 150 valence electrons. The monoisotopic (exact) mass is 381 g/mol. The normalized spacial score (nSPS) is 15.7. The van der Waals surface area contributed by atoms with Crippen LogP contribution >= 0.6 is 0 Å². The van der Waals surface area contributed by atoms with Crippen molar-refractivity contribution >= 4 is 22.6 Å². The lowest BCUT2D eigenvalue weighted by atomic mass is 10.0. The molecule has 1 aliphatic carbocycles. The summed E-state index contributed by atoms with van der Waals surface area (Å²) in [6.45, 7) is 4.37. The van der Waals surface area contributed by atoms with Gasteiger partial charge in [0.1, 0.15) is 0 Å². The first-order valence-electron chi connectivity index (χ1n) is 10.3. The fraction of sp³-hybridized carbons (Fsp3) is 0.478. The number of carbonyl (C=O) groups excluding carboxylic acids is 2. The van der Waals surface area contributed by atoms with Crippen molar-refractivity contribution in [3.63, 3.8) is 0 Å². The molecule has 3 N–H and O–H groups in total. The van der Waals surface area contributed by atoms with E-state index in [2.05, 4.69) is 29.6 Å². The number of rotatable bonds is 7. The first kappa shape index (κ1) is 20.3. The van der Waals surface area contributed by atoms with Gasteiger partial charge in [0.05, 0.1) is 12.6 Å². The fourth-order valence-corrected chi connectivity index (χ4v) is 3.94. The molecule has 0 radical (unpaired) electrons. The van der Waals surface area contributed by atoms with Gasteiger partial charge in [-0.05, 0) is 35.1 Å². The molecular formula is C23H31N3O2. The van der Waals surface area contributed by atoms with E-state index in [4.69, 9.17) is 5.73 Å². The summed E-state index contributed by atoms with van der Waals surface area (Å²) < 4.78 is 0. The summed E-state index contributed by atoms with van der Waals surface area (Å²) in [6, 6.07) is 14.1. The molecule has 3 rings (SSSR count). The first-order valence-corrected chi connectivity index (χ1v) is 10.3. The minimum absolute atomic E-state index is 0.000515. The number of hydrogen-bond donors (Lipinski definition) is 2. The highest BCUT2D eigenvalue weighted by Crippen LogP contribution is 2.27. The van der Waals surface area contributed by atoms with Crippen LogP contribution in [-0.4, -0.2) is 35.3 Å². The molecule has 0 spiro atoms.